The fraction of sp³-hybridized carbons (Fsp3) is 1.00. The predicted molar refractivity (Wildman–Crippen MR) is 51.1 cm³/mol. The summed E-state index contributed by atoms with van der Waals surface area (Å²) in [6, 6.07) is 0.761. The minimum absolute atomic E-state index is 0.309. The van der Waals surface area contributed by atoms with E-state index in [4.69, 9.17) is 5.11 Å². The van der Waals surface area contributed by atoms with Gasteiger partial charge in [0, 0.05) is 12.6 Å². The molecule has 0 amide bonds. The van der Waals surface area contributed by atoms with Crippen LogP contribution in [0.5, 0.6) is 0 Å². The Labute approximate surface area is 75.6 Å². The molecule has 2 atom stereocenters. The molecule has 72 valence electrons. The van der Waals surface area contributed by atoms with Crippen LogP contribution in [-0.4, -0.2) is 35.7 Å². The van der Waals surface area contributed by atoms with Crippen LogP contribution in [0.1, 0.15) is 33.1 Å². The second-order valence-corrected chi connectivity index (χ2v) is 3.88. The van der Waals surface area contributed by atoms with E-state index in [0.29, 0.717) is 6.61 Å². The molecule has 0 radical (unpaired) electrons. The summed E-state index contributed by atoms with van der Waals surface area (Å²) < 4.78 is 0. The van der Waals surface area contributed by atoms with Crippen molar-refractivity contribution in [3.8, 4) is 0 Å². The number of rotatable bonds is 5. The van der Waals surface area contributed by atoms with Crippen LogP contribution in [-0.2, 0) is 0 Å². The molecule has 0 aliphatic heterocycles. The lowest BCUT2D eigenvalue weighted by atomic mass is 9.80. The van der Waals surface area contributed by atoms with Gasteiger partial charge in [0.2, 0.25) is 0 Å². The van der Waals surface area contributed by atoms with Gasteiger partial charge in [-0.1, -0.05) is 13.8 Å². The number of hydrogen-bond acceptors (Lipinski definition) is 2. The third-order valence-corrected chi connectivity index (χ3v) is 2.94. The Morgan fingerprint density at radius 1 is 1.33 bits per heavy atom. The van der Waals surface area contributed by atoms with Crippen molar-refractivity contribution in [1.29, 1.82) is 0 Å². The quantitative estimate of drug-likeness (QED) is 0.677. The summed E-state index contributed by atoms with van der Waals surface area (Å²) >= 11 is 0. The molecular formula is C10H21NO. The Balaban J connectivity index is 2.30. The molecule has 0 aromatic rings. The second kappa shape index (κ2) is 4.83. The van der Waals surface area contributed by atoms with E-state index >= 15 is 0 Å². The molecular weight excluding hydrogens is 150 g/mol. The number of aliphatic hydroxyl groups excluding tert-OH is 1. The van der Waals surface area contributed by atoms with Gasteiger partial charge in [-0.05, 0) is 31.7 Å². The van der Waals surface area contributed by atoms with Crippen LogP contribution in [0.25, 0.3) is 0 Å². The van der Waals surface area contributed by atoms with Crippen molar-refractivity contribution in [2.24, 2.45) is 5.92 Å². The van der Waals surface area contributed by atoms with E-state index in [1.54, 1.807) is 0 Å². The molecule has 0 spiro atoms. The SMILES string of the molecule is CCCN(CCO)C1CCC1C. The average molecular weight is 171 g/mol. The normalized spacial score (nSPS) is 29.0. The first-order valence-electron chi connectivity index (χ1n) is 5.14. The Kier molecular flexibility index (Phi) is 4.02. The first-order chi connectivity index (χ1) is 5.79. The standard InChI is InChI=1S/C10H21NO/c1-3-6-11(7-8-12)10-5-4-9(10)2/h9-10,12H,3-8H2,1-2H3. The van der Waals surface area contributed by atoms with Gasteiger partial charge in [0.25, 0.3) is 0 Å². The van der Waals surface area contributed by atoms with E-state index in [-0.39, 0.29) is 0 Å². The van der Waals surface area contributed by atoms with E-state index in [9.17, 15) is 0 Å². The van der Waals surface area contributed by atoms with E-state index in [0.717, 1.165) is 25.0 Å². The highest BCUT2D eigenvalue weighted by Crippen LogP contribution is 2.31. The topological polar surface area (TPSA) is 23.5 Å². The van der Waals surface area contributed by atoms with Gasteiger partial charge in [-0.25, -0.2) is 0 Å². The molecule has 1 fully saturated rings. The van der Waals surface area contributed by atoms with Gasteiger partial charge in [-0.3, -0.25) is 4.90 Å². The van der Waals surface area contributed by atoms with Crippen molar-refractivity contribution in [2.45, 2.75) is 39.2 Å². The van der Waals surface area contributed by atoms with Crippen molar-refractivity contribution in [3.05, 3.63) is 0 Å². The number of hydrogen-bond donors (Lipinski definition) is 1. The van der Waals surface area contributed by atoms with Gasteiger partial charge >= 0.3 is 0 Å². The number of nitrogens with zero attached hydrogens (tertiary/aromatic N) is 1. The molecule has 0 bridgehead atoms. The van der Waals surface area contributed by atoms with Crippen LogP contribution in [0.3, 0.4) is 0 Å². The minimum Gasteiger partial charge on any atom is -0.395 e. The third kappa shape index (κ3) is 2.20. The average Bonchev–Trinajstić information content (AvgIpc) is 2.03. The molecule has 1 N–H and O–H groups in total. The van der Waals surface area contributed by atoms with Crippen LogP contribution < -0.4 is 0 Å². The van der Waals surface area contributed by atoms with Crippen LogP contribution in [0.15, 0.2) is 0 Å². The molecule has 1 aliphatic rings. The lowest BCUT2D eigenvalue weighted by Crippen LogP contribution is -2.47. The smallest absolute Gasteiger partial charge is 0.0558 e. The molecule has 2 nitrogen and oxygen atoms in total. The Hall–Kier alpha value is -0.0800. The Bertz CT molecular complexity index is 121. The molecule has 2 heteroatoms. The van der Waals surface area contributed by atoms with Gasteiger partial charge in [-0.2, -0.15) is 0 Å². The van der Waals surface area contributed by atoms with Crippen LogP contribution in [0.2, 0.25) is 0 Å². The first-order valence-corrected chi connectivity index (χ1v) is 5.14. The van der Waals surface area contributed by atoms with E-state index in [1.807, 2.05) is 0 Å². The Morgan fingerprint density at radius 3 is 2.42 bits per heavy atom. The van der Waals surface area contributed by atoms with Crippen LogP contribution in [0.4, 0.5) is 0 Å². The van der Waals surface area contributed by atoms with E-state index in [2.05, 4.69) is 18.7 Å². The number of aliphatic hydroxyl groups is 1. The lowest BCUT2D eigenvalue weighted by molar-refractivity contribution is 0.0566. The first kappa shape index (κ1) is 10.0. The lowest BCUT2D eigenvalue weighted by Gasteiger charge is -2.42. The van der Waals surface area contributed by atoms with Gasteiger partial charge in [-0.15, -0.1) is 0 Å². The molecule has 2 unspecified atom stereocenters. The van der Waals surface area contributed by atoms with Crippen molar-refractivity contribution >= 4 is 0 Å². The van der Waals surface area contributed by atoms with Crippen LogP contribution in [0, 0.1) is 5.92 Å². The van der Waals surface area contributed by atoms with Crippen molar-refractivity contribution in [3.63, 3.8) is 0 Å². The zero-order chi connectivity index (χ0) is 8.97. The molecule has 0 saturated heterocycles. The van der Waals surface area contributed by atoms with Gasteiger partial charge in [0.1, 0.15) is 0 Å². The summed E-state index contributed by atoms with van der Waals surface area (Å²) in [5.41, 5.74) is 0. The summed E-state index contributed by atoms with van der Waals surface area (Å²) in [5, 5.41) is 8.88. The van der Waals surface area contributed by atoms with Crippen molar-refractivity contribution in [2.75, 3.05) is 19.7 Å². The van der Waals surface area contributed by atoms with Gasteiger partial charge < -0.3 is 5.11 Å². The highest BCUT2D eigenvalue weighted by atomic mass is 16.3. The molecule has 0 aromatic heterocycles. The maximum absolute atomic E-state index is 8.88. The molecule has 0 heterocycles. The largest absolute Gasteiger partial charge is 0.395 e. The summed E-state index contributed by atoms with van der Waals surface area (Å²) in [7, 11) is 0. The molecule has 0 aromatic carbocycles. The molecule has 1 aliphatic carbocycles. The monoisotopic (exact) mass is 171 g/mol. The predicted octanol–water partition coefficient (Wildman–Crippen LogP) is 1.49. The van der Waals surface area contributed by atoms with E-state index < -0.39 is 0 Å². The molecule has 12 heavy (non-hydrogen) atoms. The maximum Gasteiger partial charge on any atom is 0.0558 e. The zero-order valence-corrected chi connectivity index (χ0v) is 8.29. The summed E-state index contributed by atoms with van der Waals surface area (Å²) in [4.78, 5) is 2.44. The van der Waals surface area contributed by atoms with Crippen LogP contribution >= 0.6 is 0 Å². The maximum atomic E-state index is 8.88. The second-order valence-electron chi connectivity index (χ2n) is 3.88. The molecule has 1 rings (SSSR count). The van der Waals surface area contributed by atoms with E-state index in [1.165, 1.54) is 19.3 Å². The van der Waals surface area contributed by atoms with Gasteiger partial charge in [0.05, 0.1) is 6.61 Å². The Morgan fingerprint density at radius 2 is 2.08 bits per heavy atom. The highest BCUT2D eigenvalue weighted by molar-refractivity contribution is 4.85. The van der Waals surface area contributed by atoms with Crippen molar-refractivity contribution in [1.82, 2.24) is 4.90 Å². The summed E-state index contributed by atoms with van der Waals surface area (Å²) in [6.07, 6.45) is 3.90. The van der Waals surface area contributed by atoms with Gasteiger partial charge in [0.15, 0.2) is 0 Å². The summed E-state index contributed by atoms with van der Waals surface area (Å²) in [5.74, 6) is 0.850. The minimum atomic E-state index is 0.309. The third-order valence-electron chi connectivity index (χ3n) is 2.94. The summed E-state index contributed by atoms with van der Waals surface area (Å²) in [6.45, 7) is 6.84. The molecule has 1 saturated carbocycles. The highest BCUT2D eigenvalue weighted by Gasteiger charge is 2.31. The fourth-order valence-corrected chi connectivity index (χ4v) is 2.05. The zero-order valence-electron chi connectivity index (χ0n) is 8.29. The van der Waals surface area contributed by atoms with Crippen molar-refractivity contribution < 1.29 is 5.11 Å². The fourth-order valence-electron chi connectivity index (χ4n) is 2.05.